The molecule has 0 radical (unpaired) electrons. The molecule has 0 saturated heterocycles. The Hall–Kier alpha value is -4.09. The number of rotatable bonds is 7. The van der Waals surface area contributed by atoms with E-state index in [1.54, 1.807) is 0 Å². The van der Waals surface area contributed by atoms with E-state index >= 15 is 0 Å². The first kappa shape index (κ1) is 26.8. The molecule has 1 aliphatic heterocycles. The molecule has 42 heavy (non-hydrogen) atoms. The summed E-state index contributed by atoms with van der Waals surface area (Å²) in [5.41, 5.74) is 6.03. The van der Waals surface area contributed by atoms with E-state index in [1.807, 2.05) is 0 Å². The summed E-state index contributed by atoms with van der Waals surface area (Å²) in [4.78, 5) is 5.34. The van der Waals surface area contributed by atoms with Crippen molar-refractivity contribution in [2.75, 3.05) is 5.32 Å². The second kappa shape index (κ2) is 12.4. The van der Waals surface area contributed by atoms with E-state index in [9.17, 15) is 0 Å². The van der Waals surface area contributed by atoms with Gasteiger partial charge < -0.3 is 5.32 Å². The predicted molar refractivity (Wildman–Crippen MR) is 184 cm³/mol. The molecule has 0 saturated carbocycles. The van der Waals surface area contributed by atoms with Crippen molar-refractivity contribution in [3.63, 3.8) is 0 Å². The fourth-order valence-corrected chi connectivity index (χ4v) is 9.95. The van der Waals surface area contributed by atoms with Crippen LogP contribution in [0.3, 0.4) is 0 Å². The Bertz CT molecular complexity index is 1740. The number of aryl methyl sites for hydroxylation is 1. The highest BCUT2D eigenvalue weighted by Gasteiger charge is 2.20. The Labute approximate surface area is 250 Å². The summed E-state index contributed by atoms with van der Waals surface area (Å²) >= 11 is 0. The molecule has 0 atom stereocenters. The Morgan fingerprint density at radius 1 is 0.571 bits per heavy atom. The zero-order chi connectivity index (χ0) is 28.1. The van der Waals surface area contributed by atoms with Gasteiger partial charge in [0.25, 0.3) is 0 Å². The van der Waals surface area contributed by atoms with Gasteiger partial charge in [-0.15, -0.1) is 0 Å². The zero-order valence-corrected chi connectivity index (χ0v) is 25.2. The minimum Gasteiger partial charge on any atom is -0.357 e. The summed E-state index contributed by atoms with van der Waals surface area (Å²) in [5, 5.41) is 10.6. The average Bonchev–Trinajstić information content (AvgIpc) is 3.07. The standard InChI is InChI=1S/C38H32N2P2/c1-5-13-33(14-6-1)41(34-15-7-2-8-16-34)27-31-25-23-29-21-22-30-24-26-32(40-38(30)37(29)39-31)28-42(35-17-9-3-10-18-35)36-19-11-4-12-20-36/h1-23,25,28,40H,24,26-27H2/b32-28-. The Morgan fingerprint density at radius 3 is 1.67 bits per heavy atom. The third-order valence-electron chi connectivity index (χ3n) is 7.76. The molecule has 2 nitrogen and oxygen atoms in total. The van der Waals surface area contributed by atoms with Crippen LogP contribution in [-0.4, -0.2) is 4.98 Å². The van der Waals surface area contributed by atoms with Crippen molar-refractivity contribution in [1.82, 2.24) is 4.98 Å². The summed E-state index contributed by atoms with van der Waals surface area (Å²) in [6, 6.07) is 52.6. The van der Waals surface area contributed by atoms with Crippen LogP contribution < -0.4 is 26.5 Å². The van der Waals surface area contributed by atoms with Gasteiger partial charge in [0.1, 0.15) is 0 Å². The Balaban J connectivity index is 1.25. The highest BCUT2D eigenvalue weighted by atomic mass is 31.1. The largest absolute Gasteiger partial charge is 0.357 e. The van der Waals surface area contributed by atoms with Crippen LogP contribution in [0.2, 0.25) is 0 Å². The van der Waals surface area contributed by atoms with Crippen LogP contribution in [-0.2, 0) is 12.6 Å². The maximum absolute atomic E-state index is 5.34. The Morgan fingerprint density at radius 2 is 1.10 bits per heavy atom. The van der Waals surface area contributed by atoms with Crippen molar-refractivity contribution in [3.05, 3.63) is 168 Å². The molecule has 0 aliphatic carbocycles. The third-order valence-corrected chi connectivity index (χ3v) is 12.5. The molecular weight excluding hydrogens is 546 g/mol. The summed E-state index contributed by atoms with van der Waals surface area (Å²) in [5.74, 6) is 2.48. The summed E-state index contributed by atoms with van der Waals surface area (Å²) < 4.78 is 0. The molecule has 2 heterocycles. The molecule has 7 rings (SSSR count). The minimum atomic E-state index is -0.618. The van der Waals surface area contributed by atoms with Crippen LogP contribution in [0.1, 0.15) is 17.7 Å². The lowest BCUT2D eigenvalue weighted by atomic mass is 9.99. The molecule has 1 aromatic heterocycles. The van der Waals surface area contributed by atoms with Crippen LogP contribution in [0, 0.1) is 0 Å². The lowest BCUT2D eigenvalue weighted by Crippen LogP contribution is -2.15. The minimum absolute atomic E-state index is 0.558. The number of nitrogens with zero attached hydrogens (tertiary/aromatic N) is 1. The molecule has 5 aromatic carbocycles. The van der Waals surface area contributed by atoms with Gasteiger partial charge in [-0.3, -0.25) is 4.98 Å². The van der Waals surface area contributed by atoms with Crippen LogP contribution in [0.5, 0.6) is 0 Å². The van der Waals surface area contributed by atoms with Crippen molar-refractivity contribution in [3.8, 4) is 0 Å². The van der Waals surface area contributed by atoms with Crippen molar-refractivity contribution in [1.29, 1.82) is 0 Å². The molecular formula is C38H32N2P2. The van der Waals surface area contributed by atoms with Crippen molar-refractivity contribution < 1.29 is 0 Å². The molecule has 0 unspecified atom stereocenters. The van der Waals surface area contributed by atoms with Crippen molar-refractivity contribution >= 4 is 53.7 Å². The molecule has 1 N–H and O–H groups in total. The first-order valence-electron chi connectivity index (χ1n) is 14.5. The molecule has 204 valence electrons. The number of anilines is 1. The molecule has 1 aliphatic rings. The molecule has 4 heteroatoms. The molecule has 0 spiro atoms. The second-order valence-electron chi connectivity index (χ2n) is 10.6. The molecule has 6 aromatic rings. The normalized spacial score (nSPS) is 13.8. The van der Waals surface area contributed by atoms with Crippen LogP contribution in [0.25, 0.3) is 10.9 Å². The lowest BCUT2D eigenvalue weighted by molar-refractivity contribution is 0.919. The predicted octanol–water partition coefficient (Wildman–Crippen LogP) is 8.20. The number of nitrogens with one attached hydrogen (secondary N) is 1. The third kappa shape index (κ3) is 5.79. The first-order valence-corrected chi connectivity index (χ1v) is 17.4. The number of aromatic nitrogens is 1. The summed E-state index contributed by atoms with van der Waals surface area (Å²) in [6.45, 7) is 0. The van der Waals surface area contributed by atoms with Gasteiger partial charge in [0.2, 0.25) is 0 Å². The van der Waals surface area contributed by atoms with Crippen molar-refractivity contribution in [2.45, 2.75) is 19.0 Å². The van der Waals surface area contributed by atoms with Crippen LogP contribution in [0.15, 0.2) is 157 Å². The first-order chi connectivity index (χ1) is 20.8. The van der Waals surface area contributed by atoms with E-state index in [1.165, 1.54) is 43.6 Å². The quantitative estimate of drug-likeness (QED) is 0.193. The van der Waals surface area contributed by atoms with Gasteiger partial charge in [-0.05, 0) is 67.3 Å². The number of hydrogen-bond acceptors (Lipinski definition) is 2. The van der Waals surface area contributed by atoms with Crippen LogP contribution in [0.4, 0.5) is 5.69 Å². The highest BCUT2D eigenvalue weighted by Crippen LogP contribution is 2.41. The van der Waals surface area contributed by atoms with Gasteiger partial charge in [0.15, 0.2) is 0 Å². The SMILES string of the molecule is C(=C1\CCc2ccc3ccc(CP(c4ccccc4)c4ccccc4)nc3c2N1)/P(c1ccccc1)c1ccccc1. The Kier molecular flexibility index (Phi) is 7.92. The molecule has 0 amide bonds. The summed E-state index contributed by atoms with van der Waals surface area (Å²) in [7, 11) is -1.18. The van der Waals surface area contributed by atoms with Gasteiger partial charge >= 0.3 is 0 Å². The smallest absolute Gasteiger partial charge is 0.0942 e. The van der Waals surface area contributed by atoms with E-state index in [-0.39, 0.29) is 0 Å². The van der Waals surface area contributed by atoms with E-state index in [2.05, 4.69) is 157 Å². The number of benzene rings is 5. The fourth-order valence-electron chi connectivity index (χ4n) is 5.64. The maximum atomic E-state index is 5.34. The molecule has 0 fully saturated rings. The molecule has 0 bridgehead atoms. The van der Waals surface area contributed by atoms with E-state index in [4.69, 9.17) is 4.98 Å². The van der Waals surface area contributed by atoms with Gasteiger partial charge in [-0.1, -0.05) is 140 Å². The van der Waals surface area contributed by atoms with Gasteiger partial charge in [0.05, 0.1) is 11.2 Å². The van der Waals surface area contributed by atoms with Gasteiger partial charge in [-0.2, -0.15) is 0 Å². The lowest BCUT2D eigenvalue weighted by Gasteiger charge is -2.25. The monoisotopic (exact) mass is 578 g/mol. The maximum Gasteiger partial charge on any atom is 0.0942 e. The second-order valence-corrected chi connectivity index (χ2v) is 14.8. The van der Waals surface area contributed by atoms with E-state index in [0.29, 0.717) is 0 Å². The zero-order valence-electron chi connectivity index (χ0n) is 23.4. The van der Waals surface area contributed by atoms with E-state index in [0.717, 1.165) is 30.2 Å². The van der Waals surface area contributed by atoms with Crippen LogP contribution >= 0.6 is 15.8 Å². The number of hydrogen-bond donors (Lipinski definition) is 1. The number of pyridine rings is 1. The number of allylic oxidation sites excluding steroid dienone is 1. The fraction of sp³-hybridized carbons (Fsp3) is 0.0789. The van der Waals surface area contributed by atoms with Gasteiger partial charge in [0, 0.05) is 22.9 Å². The van der Waals surface area contributed by atoms with Gasteiger partial charge in [-0.25, -0.2) is 0 Å². The highest BCUT2D eigenvalue weighted by molar-refractivity contribution is 7.75. The number of fused-ring (bicyclic) bond motifs is 3. The van der Waals surface area contributed by atoms with Crippen molar-refractivity contribution in [2.24, 2.45) is 0 Å². The topological polar surface area (TPSA) is 24.9 Å². The van der Waals surface area contributed by atoms with E-state index < -0.39 is 15.8 Å². The average molecular weight is 579 g/mol. The summed E-state index contributed by atoms with van der Waals surface area (Å²) in [6.07, 6.45) is 2.94.